The van der Waals surface area contributed by atoms with Crippen molar-refractivity contribution in [2.75, 3.05) is 0 Å². The Morgan fingerprint density at radius 1 is 1.10 bits per heavy atom. The Morgan fingerprint density at radius 2 is 1.86 bits per heavy atom. The highest BCUT2D eigenvalue weighted by molar-refractivity contribution is 6.30. The number of nitrogens with one attached hydrogen (secondary N) is 1. The zero-order valence-electron chi connectivity index (χ0n) is 13.0. The molecular weight excluding hydrogens is 282 g/mol. The van der Waals surface area contributed by atoms with E-state index in [9.17, 15) is 0 Å². The highest BCUT2D eigenvalue weighted by atomic mass is 35.5. The van der Waals surface area contributed by atoms with Gasteiger partial charge in [-0.3, -0.25) is 0 Å². The molecule has 0 aliphatic heterocycles. The summed E-state index contributed by atoms with van der Waals surface area (Å²) in [5.41, 5.74) is 2.28. The topological polar surface area (TPSA) is 21.3 Å². The lowest BCUT2D eigenvalue weighted by Crippen LogP contribution is -2.35. The van der Waals surface area contributed by atoms with Gasteiger partial charge >= 0.3 is 0 Å². The molecule has 0 saturated heterocycles. The summed E-state index contributed by atoms with van der Waals surface area (Å²) in [7, 11) is 0. The first-order valence-corrected chi connectivity index (χ1v) is 7.49. The molecule has 0 aliphatic carbocycles. The molecule has 0 heterocycles. The molecule has 112 valence electrons. The van der Waals surface area contributed by atoms with Crippen molar-refractivity contribution < 1.29 is 4.74 Å². The Bertz CT molecular complexity index is 617. The van der Waals surface area contributed by atoms with E-state index < -0.39 is 0 Å². The first-order chi connectivity index (χ1) is 9.83. The second kappa shape index (κ2) is 6.50. The SMILES string of the molecule is Cc1cccc(Oc2ccc(Cl)cc2CNC(C)(C)C)c1. The van der Waals surface area contributed by atoms with Crippen LogP contribution in [-0.2, 0) is 6.54 Å². The molecule has 21 heavy (non-hydrogen) atoms. The van der Waals surface area contributed by atoms with Crippen LogP contribution in [0.3, 0.4) is 0 Å². The van der Waals surface area contributed by atoms with Gasteiger partial charge in [-0.05, 0) is 63.6 Å². The molecule has 3 heteroatoms. The van der Waals surface area contributed by atoms with Gasteiger partial charge in [0.05, 0.1) is 0 Å². The van der Waals surface area contributed by atoms with E-state index in [1.54, 1.807) is 0 Å². The summed E-state index contributed by atoms with van der Waals surface area (Å²) >= 11 is 6.11. The average molecular weight is 304 g/mol. The first-order valence-electron chi connectivity index (χ1n) is 7.11. The van der Waals surface area contributed by atoms with Gasteiger partial charge in [0, 0.05) is 22.7 Å². The molecule has 0 bridgehead atoms. The van der Waals surface area contributed by atoms with Gasteiger partial charge < -0.3 is 10.1 Å². The maximum atomic E-state index is 6.11. The molecule has 0 aliphatic rings. The van der Waals surface area contributed by atoms with Crippen molar-refractivity contribution in [1.29, 1.82) is 0 Å². The van der Waals surface area contributed by atoms with E-state index in [1.165, 1.54) is 5.56 Å². The molecule has 2 aromatic rings. The van der Waals surface area contributed by atoms with Gasteiger partial charge in [0.15, 0.2) is 0 Å². The average Bonchev–Trinajstić information content (AvgIpc) is 2.38. The fourth-order valence-corrected chi connectivity index (χ4v) is 2.15. The van der Waals surface area contributed by atoms with Crippen molar-refractivity contribution in [2.24, 2.45) is 0 Å². The molecule has 0 fully saturated rings. The van der Waals surface area contributed by atoms with Gasteiger partial charge in [-0.1, -0.05) is 23.7 Å². The van der Waals surface area contributed by atoms with Crippen molar-refractivity contribution in [3.8, 4) is 11.5 Å². The van der Waals surface area contributed by atoms with Crippen molar-refractivity contribution in [3.63, 3.8) is 0 Å². The molecule has 1 N–H and O–H groups in total. The molecule has 0 saturated carbocycles. The summed E-state index contributed by atoms with van der Waals surface area (Å²) < 4.78 is 6.01. The van der Waals surface area contributed by atoms with Crippen LogP contribution in [0.2, 0.25) is 5.02 Å². The van der Waals surface area contributed by atoms with Crippen LogP contribution < -0.4 is 10.1 Å². The largest absolute Gasteiger partial charge is 0.457 e. The summed E-state index contributed by atoms with van der Waals surface area (Å²) in [6, 6.07) is 13.8. The van der Waals surface area contributed by atoms with E-state index in [4.69, 9.17) is 16.3 Å². The van der Waals surface area contributed by atoms with E-state index in [0.717, 1.165) is 22.1 Å². The van der Waals surface area contributed by atoms with Crippen LogP contribution in [0.5, 0.6) is 11.5 Å². The lowest BCUT2D eigenvalue weighted by atomic mass is 10.1. The normalized spacial score (nSPS) is 11.5. The molecule has 0 aromatic heterocycles. The fourth-order valence-electron chi connectivity index (χ4n) is 1.95. The number of aryl methyl sites for hydroxylation is 1. The molecule has 0 radical (unpaired) electrons. The molecule has 0 amide bonds. The Hall–Kier alpha value is -1.51. The van der Waals surface area contributed by atoms with Crippen LogP contribution in [0.25, 0.3) is 0 Å². The van der Waals surface area contributed by atoms with Crippen molar-refractivity contribution in [2.45, 2.75) is 39.8 Å². The third kappa shape index (κ3) is 5.07. The van der Waals surface area contributed by atoms with Gasteiger partial charge in [-0.25, -0.2) is 0 Å². The number of halogens is 1. The predicted molar refractivity (Wildman–Crippen MR) is 89.3 cm³/mol. The number of benzene rings is 2. The maximum absolute atomic E-state index is 6.11. The lowest BCUT2D eigenvalue weighted by Gasteiger charge is -2.21. The van der Waals surface area contributed by atoms with E-state index in [-0.39, 0.29) is 5.54 Å². The number of ether oxygens (including phenoxy) is 1. The van der Waals surface area contributed by atoms with Crippen molar-refractivity contribution in [1.82, 2.24) is 5.32 Å². The molecule has 0 spiro atoms. The smallest absolute Gasteiger partial charge is 0.132 e. The third-order valence-electron chi connectivity index (χ3n) is 3.05. The highest BCUT2D eigenvalue weighted by Crippen LogP contribution is 2.28. The number of hydrogen-bond acceptors (Lipinski definition) is 2. The van der Waals surface area contributed by atoms with Crippen LogP contribution in [0.15, 0.2) is 42.5 Å². The molecule has 2 aromatic carbocycles. The Kier molecular flexibility index (Phi) is 4.92. The second-order valence-electron chi connectivity index (χ2n) is 6.27. The molecule has 2 rings (SSSR count). The Morgan fingerprint density at radius 3 is 2.52 bits per heavy atom. The van der Waals surface area contributed by atoms with Gasteiger partial charge in [0.1, 0.15) is 11.5 Å². The van der Waals surface area contributed by atoms with Crippen molar-refractivity contribution in [3.05, 3.63) is 58.6 Å². The van der Waals surface area contributed by atoms with Crippen molar-refractivity contribution >= 4 is 11.6 Å². The monoisotopic (exact) mass is 303 g/mol. The Labute approximate surface area is 132 Å². The van der Waals surface area contributed by atoms with Crippen LogP contribution in [0.4, 0.5) is 0 Å². The summed E-state index contributed by atoms with van der Waals surface area (Å²) in [6.45, 7) is 9.18. The first kappa shape index (κ1) is 15.9. The molecule has 0 unspecified atom stereocenters. The maximum Gasteiger partial charge on any atom is 0.132 e. The summed E-state index contributed by atoms with van der Waals surface area (Å²) in [6.07, 6.45) is 0. The minimum atomic E-state index is 0.0446. The van der Waals surface area contributed by atoms with Gasteiger partial charge in [0.2, 0.25) is 0 Å². The standard InChI is InChI=1S/C18H22ClNO/c1-13-6-5-7-16(10-13)21-17-9-8-15(19)11-14(17)12-20-18(2,3)4/h5-11,20H,12H2,1-4H3. The number of rotatable bonds is 4. The minimum absolute atomic E-state index is 0.0446. The predicted octanol–water partition coefficient (Wildman–Crippen LogP) is 5.33. The Balaban J connectivity index is 2.22. The molecule has 0 atom stereocenters. The second-order valence-corrected chi connectivity index (χ2v) is 6.71. The zero-order chi connectivity index (χ0) is 15.5. The van der Waals surface area contributed by atoms with E-state index in [1.807, 2.05) is 36.4 Å². The van der Waals surface area contributed by atoms with E-state index in [0.29, 0.717) is 6.54 Å². The molecular formula is C18H22ClNO. The summed E-state index contributed by atoms with van der Waals surface area (Å²) in [5, 5.41) is 4.18. The summed E-state index contributed by atoms with van der Waals surface area (Å²) in [4.78, 5) is 0. The quantitative estimate of drug-likeness (QED) is 0.824. The van der Waals surface area contributed by atoms with E-state index in [2.05, 4.69) is 39.1 Å². The van der Waals surface area contributed by atoms with Crippen LogP contribution >= 0.6 is 11.6 Å². The van der Waals surface area contributed by atoms with Gasteiger partial charge in [0.25, 0.3) is 0 Å². The van der Waals surface area contributed by atoms with Gasteiger partial charge in [-0.15, -0.1) is 0 Å². The van der Waals surface area contributed by atoms with Crippen LogP contribution in [-0.4, -0.2) is 5.54 Å². The third-order valence-corrected chi connectivity index (χ3v) is 3.28. The lowest BCUT2D eigenvalue weighted by molar-refractivity contribution is 0.414. The minimum Gasteiger partial charge on any atom is -0.457 e. The van der Waals surface area contributed by atoms with E-state index >= 15 is 0 Å². The van der Waals surface area contributed by atoms with Crippen LogP contribution in [0, 0.1) is 6.92 Å². The molecule has 2 nitrogen and oxygen atoms in total. The van der Waals surface area contributed by atoms with Crippen LogP contribution in [0.1, 0.15) is 31.9 Å². The summed E-state index contributed by atoms with van der Waals surface area (Å²) in [5.74, 6) is 1.68. The highest BCUT2D eigenvalue weighted by Gasteiger charge is 2.12. The fraction of sp³-hybridized carbons (Fsp3) is 0.333. The number of hydrogen-bond donors (Lipinski definition) is 1. The van der Waals surface area contributed by atoms with Gasteiger partial charge in [-0.2, -0.15) is 0 Å². The zero-order valence-corrected chi connectivity index (χ0v) is 13.8.